The second-order valence-electron chi connectivity index (χ2n) is 4.32. The quantitative estimate of drug-likeness (QED) is 0.836. The first-order valence-electron chi connectivity index (χ1n) is 5.96. The number of nitrogens with one attached hydrogen (secondary N) is 2. The molecule has 0 bridgehead atoms. The summed E-state index contributed by atoms with van der Waals surface area (Å²) in [6.07, 6.45) is 1.26. The Morgan fingerprint density at radius 3 is 2.57 bits per heavy atom. The van der Waals surface area contributed by atoms with Crippen LogP contribution in [0.2, 0.25) is 5.02 Å². The summed E-state index contributed by atoms with van der Waals surface area (Å²) in [4.78, 5) is 3.97. The van der Waals surface area contributed by atoms with Crippen molar-refractivity contribution in [3.05, 3.63) is 45.5 Å². The number of sulfonamides is 1. The Balaban J connectivity index is 2.33. The Morgan fingerprint density at radius 1 is 1.29 bits per heavy atom. The van der Waals surface area contributed by atoms with Crippen molar-refractivity contribution in [2.45, 2.75) is 11.8 Å². The Bertz CT molecular complexity index is 781. The molecule has 0 aliphatic carbocycles. The lowest BCUT2D eigenvalue weighted by Crippen LogP contribution is -2.13. The minimum absolute atomic E-state index is 0.00655. The molecule has 8 heteroatoms. The first-order valence-corrected chi connectivity index (χ1v) is 8.61. The third-order valence-corrected chi connectivity index (χ3v) is 5.30. The molecule has 2 N–H and O–H groups in total. The summed E-state index contributed by atoms with van der Waals surface area (Å²) in [5.74, 6) is 0.426. The van der Waals surface area contributed by atoms with Crippen molar-refractivity contribution in [3.8, 4) is 0 Å². The maximum atomic E-state index is 12.3. The van der Waals surface area contributed by atoms with Crippen LogP contribution in [0.5, 0.6) is 0 Å². The lowest BCUT2D eigenvalue weighted by molar-refractivity contribution is 0.601. The van der Waals surface area contributed by atoms with Crippen molar-refractivity contribution in [2.24, 2.45) is 0 Å². The number of aryl methyl sites for hydroxylation is 1. The summed E-state index contributed by atoms with van der Waals surface area (Å²) in [7, 11) is -2.07. The summed E-state index contributed by atoms with van der Waals surface area (Å²) < 4.78 is 28.0. The highest BCUT2D eigenvalue weighted by Crippen LogP contribution is 2.25. The molecule has 0 aliphatic heterocycles. The smallest absolute Gasteiger partial charge is 0.263 e. The van der Waals surface area contributed by atoms with Crippen LogP contribution in [-0.4, -0.2) is 20.4 Å². The predicted molar refractivity (Wildman–Crippen MR) is 88.5 cm³/mol. The first-order chi connectivity index (χ1) is 9.83. The van der Waals surface area contributed by atoms with Gasteiger partial charge in [0.1, 0.15) is 10.7 Å². The van der Waals surface area contributed by atoms with Crippen LogP contribution in [0.3, 0.4) is 0 Å². The molecule has 1 aromatic heterocycles. The van der Waals surface area contributed by atoms with Crippen LogP contribution in [0.15, 0.2) is 39.8 Å². The van der Waals surface area contributed by atoms with Gasteiger partial charge in [-0.15, -0.1) is 0 Å². The van der Waals surface area contributed by atoms with Gasteiger partial charge in [0.2, 0.25) is 0 Å². The molecule has 0 amide bonds. The van der Waals surface area contributed by atoms with E-state index in [4.69, 9.17) is 11.6 Å². The number of halogens is 2. The van der Waals surface area contributed by atoms with Gasteiger partial charge in [-0.3, -0.25) is 4.72 Å². The molecule has 0 aliphatic rings. The molecule has 112 valence electrons. The van der Waals surface area contributed by atoms with Gasteiger partial charge >= 0.3 is 0 Å². The SMILES string of the molecule is CNc1ncc(S(=O)(=O)Nc2ccc(Br)c(C)c2)cc1Cl. The van der Waals surface area contributed by atoms with Gasteiger partial charge in [0.25, 0.3) is 10.0 Å². The summed E-state index contributed by atoms with van der Waals surface area (Å²) in [6.45, 7) is 1.88. The lowest BCUT2D eigenvalue weighted by atomic mass is 10.2. The molecule has 0 spiro atoms. The van der Waals surface area contributed by atoms with Gasteiger partial charge in [0.05, 0.1) is 5.02 Å². The normalized spacial score (nSPS) is 11.2. The van der Waals surface area contributed by atoms with Gasteiger partial charge < -0.3 is 5.32 Å². The van der Waals surface area contributed by atoms with E-state index < -0.39 is 10.0 Å². The van der Waals surface area contributed by atoms with Gasteiger partial charge in [0.15, 0.2) is 0 Å². The van der Waals surface area contributed by atoms with Crippen LogP contribution >= 0.6 is 27.5 Å². The van der Waals surface area contributed by atoms with E-state index >= 15 is 0 Å². The van der Waals surface area contributed by atoms with Crippen LogP contribution in [-0.2, 0) is 10.0 Å². The molecular formula is C13H13BrClN3O2S. The van der Waals surface area contributed by atoms with E-state index in [-0.39, 0.29) is 9.92 Å². The third kappa shape index (κ3) is 3.66. The minimum Gasteiger partial charge on any atom is -0.372 e. The highest BCUT2D eigenvalue weighted by molar-refractivity contribution is 9.10. The van der Waals surface area contributed by atoms with Crippen LogP contribution in [0.1, 0.15) is 5.56 Å². The van der Waals surface area contributed by atoms with E-state index in [0.29, 0.717) is 11.5 Å². The van der Waals surface area contributed by atoms with Crippen LogP contribution in [0, 0.1) is 6.92 Å². The fraction of sp³-hybridized carbons (Fsp3) is 0.154. The fourth-order valence-corrected chi connectivity index (χ4v) is 3.27. The molecule has 0 saturated carbocycles. The Kier molecular flexibility index (Phi) is 4.75. The number of benzene rings is 1. The molecule has 5 nitrogen and oxygen atoms in total. The van der Waals surface area contributed by atoms with Crippen molar-refractivity contribution in [3.63, 3.8) is 0 Å². The molecule has 0 unspecified atom stereocenters. The van der Waals surface area contributed by atoms with Crippen molar-refractivity contribution in [2.75, 3.05) is 17.1 Å². The molecule has 0 atom stereocenters. The molecule has 21 heavy (non-hydrogen) atoms. The van der Waals surface area contributed by atoms with Gasteiger partial charge in [-0.1, -0.05) is 27.5 Å². The zero-order valence-electron chi connectivity index (χ0n) is 11.3. The minimum atomic E-state index is -3.73. The fourth-order valence-electron chi connectivity index (χ4n) is 1.67. The van der Waals surface area contributed by atoms with E-state index in [0.717, 1.165) is 10.0 Å². The predicted octanol–water partition coefficient (Wildman–Crippen LogP) is 3.65. The number of anilines is 2. The van der Waals surface area contributed by atoms with Gasteiger partial charge in [-0.2, -0.15) is 0 Å². The van der Waals surface area contributed by atoms with Crippen molar-refractivity contribution in [1.82, 2.24) is 4.98 Å². The lowest BCUT2D eigenvalue weighted by Gasteiger charge is -2.10. The van der Waals surface area contributed by atoms with E-state index in [9.17, 15) is 8.42 Å². The first kappa shape index (κ1) is 16.1. The number of hydrogen-bond acceptors (Lipinski definition) is 4. The second kappa shape index (κ2) is 6.21. The second-order valence-corrected chi connectivity index (χ2v) is 7.26. The van der Waals surface area contributed by atoms with Gasteiger partial charge in [0, 0.05) is 23.4 Å². The van der Waals surface area contributed by atoms with E-state index in [1.54, 1.807) is 25.2 Å². The van der Waals surface area contributed by atoms with E-state index in [2.05, 4.69) is 31.0 Å². The van der Waals surface area contributed by atoms with Crippen LogP contribution in [0.25, 0.3) is 0 Å². The molecule has 2 aromatic rings. The Hall–Kier alpha value is -1.31. The van der Waals surface area contributed by atoms with Crippen LogP contribution < -0.4 is 10.0 Å². The Morgan fingerprint density at radius 2 is 2.00 bits per heavy atom. The standard InChI is InChI=1S/C13H13BrClN3O2S/c1-8-5-9(3-4-11(8)14)18-21(19,20)10-6-12(15)13(16-2)17-7-10/h3-7,18H,1-2H3,(H,16,17). The number of aromatic nitrogens is 1. The molecule has 1 aromatic carbocycles. The Labute approximate surface area is 136 Å². The molecule has 2 rings (SSSR count). The zero-order valence-corrected chi connectivity index (χ0v) is 14.5. The molecule has 0 radical (unpaired) electrons. The zero-order chi connectivity index (χ0) is 15.6. The largest absolute Gasteiger partial charge is 0.372 e. The highest BCUT2D eigenvalue weighted by Gasteiger charge is 2.17. The van der Waals surface area contributed by atoms with Gasteiger partial charge in [-0.05, 0) is 36.8 Å². The summed E-state index contributed by atoms with van der Waals surface area (Å²) in [5.41, 5.74) is 1.40. The summed E-state index contributed by atoms with van der Waals surface area (Å²) in [5, 5.41) is 3.02. The number of rotatable bonds is 4. The molecule has 0 saturated heterocycles. The van der Waals surface area contributed by atoms with E-state index in [1.165, 1.54) is 12.3 Å². The number of pyridine rings is 1. The third-order valence-electron chi connectivity index (χ3n) is 2.77. The summed E-state index contributed by atoms with van der Waals surface area (Å²) >= 11 is 9.33. The number of hydrogen-bond donors (Lipinski definition) is 2. The van der Waals surface area contributed by atoms with Crippen LogP contribution in [0.4, 0.5) is 11.5 Å². The average molecular weight is 391 g/mol. The summed E-state index contributed by atoms with van der Waals surface area (Å²) in [6, 6.07) is 6.54. The van der Waals surface area contributed by atoms with Crippen molar-refractivity contribution < 1.29 is 8.42 Å². The monoisotopic (exact) mass is 389 g/mol. The molecule has 1 heterocycles. The average Bonchev–Trinajstić information content (AvgIpc) is 2.42. The molecule has 0 fully saturated rings. The number of nitrogens with zero attached hydrogens (tertiary/aromatic N) is 1. The maximum Gasteiger partial charge on any atom is 0.263 e. The van der Waals surface area contributed by atoms with E-state index in [1.807, 2.05) is 6.92 Å². The maximum absolute atomic E-state index is 12.3. The molecular weight excluding hydrogens is 378 g/mol. The van der Waals surface area contributed by atoms with Gasteiger partial charge in [-0.25, -0.2) is 13.4 Å². The van der Waals surface area contributed by atoms with Crippen molar-refractivity contribution >= 4 is 49.1 Å². The van der Waals surface area contributed by atoms with Crippen molar-refractivity contribution in [1.29, 1.82) is 0 Å². The highest BCUT2D eigenvalue weighted by atomic mass is 79.9. The topological polar surface area (TPSA) is 71.1 Å².